The highest BCUT2D eigenvalue weighted by Crippen LogP contribution is 2.22. The van der Waals surface area contributed by atoms with E-state index in [1.165, 1.54) is 18.1 Å². The lowest BCUT2D eigenvalue weighted by molar-refractivity contribution is -0.133. The molecule has 2 aromatic rings. The van der Waals surface area contributed by atoms with Gasteiger partial charge in [-0.1, -0.05) is 30.3 Å². The maximum atomic E-state index is 12.7. The first kappa shape index (κ1) is 16.3. The fourth-order valence-electron chi connectivity index (χ4n) is 3.21. The largest absolute Gasteiger partial charge is 0.472 e. The zero-order valence-corrected chi connectivity index (χ0v) is 13.8. The summed E-state index contributed by atoms with van der Waals surface area (Å²) in [5.74, 6) is -0.311. The Labute approximate surface area is 141 Å². The summed E-state index contributed by atoms with van der Waals surface area (Å²) in [7, 11) is 0. The molecule has 1 aromatic carbocycles. The molecule has 0 spiro atoms. The first-order valence-corrected chi connectivity index (χ1v) is 8.32. The van der Waals surface area contributed by atoms with Crippen LogP contribution in [0, 0.1) is 0 Å². The van der Waals surface area contributed by atoms with Crippen molar-refractivity contribution in [3.8, 4) is 0 Å². The summed E-state index contributed by atoms with van der Waals surface area (Å²) in [6.45, 7) is 2.49. The molecule has 1 N–H and O–H groups in total. The number of carbonyl (C=O) groups is 2. The van der Waals surface area contributed by atoms with Crippen molar-refractivity contribution in [2.24, 2.45) is 0 Å². The van der Waals surface area contributed by atoms with Gasteiger partial charge in [0.25, 0.3) is 5.91 Å². The van der Waals surface area contributed by atoms with E-state index in [0.717, 1.165) is 25.8 Å². The highest BCUT2D eigenvalue weighted by molar-refractivity contribution is 5.97. The van der Waals surface area contributed by atoms with E-state index in [0.29, 0.717) is 5.56 Å². The average molecular weight is 326 g/mol. The lowest BCUT2D eigenvalue weighted by atomic mass is 10.0. The summed E-state index contributed by atoms with van der Waals surface area (Å²) < 4.78 is 4.90. The first-order valence-electron chi connectivity index (χ1n) is 8.32. The molecule has 1 aliphatic heterocycles. The van der Waals surface area contributed by atoms with Crippen LogP contribution >= 0.6 is 0 Å². The van der Waals surface area contributed by atoms with Crippen LogP contribution in [-0.4, -0.2) is 35.3 Å². The van der Waals surface area contributed by atoms with Crippen molar-refractivity contribution in [3.05, 3.63) is 60.1 Å². The Balaban J connectivity index is 1.61. The summed E-state index contributed by atoms with van der Waals surface area (Å²) in [5.41, 5.74) is 1.66. The number of carbonyl (C=O) groups excluding carboxylic acids is 2. The van der Waals surface area contributed by atoms with Crippen LogP contribution in [0.3, 0.4) is 0 Å². The zero-order valence-electron chi connectivity index (χ0n) is 13.8. The summed E-state index contributed by atoms with van der Waals surface area (Å²) in [5, 5.41) is 2.75. The van der Waals surface area contributed by atoms with Crippen LogP contribution < -0.4 is 5.32 Å². The third kappa shape index (κ3) is 3.67. The van der Waals surface area contributed by atoms with Gasteiger partial charge in [-0.05, 0) is 37.8 Å². The molecular weight excluding hydrogens is 304 g/mol. The molecule has 0 saturated carbocycles. The molecule has 1 aromatic heterocycles. The van der Waals surface area contributed by atoms with Crippen LogP contribution in [0.2, 0.25) is 0 Å². The molecule has 24 heavy (non-hydrogen) atoms. The van der Waals surface area contributed by atoms with Gasteiger partial charge in [0.05, 0.1) is 11.8 Å². The molecule has 0 aliphatic carbocycles. The number of benzene rings is 1. The van der Waals surface area contributed by atoms with Crippen LogP contribution in [0.15, 0.2) is 53.3 Å². The molecule has 2 atom stereocenters. The molecule has 5 heteroatoms. The summed E-state index contributed by atoms with van der Waals surface area (Å²) in [6.07, 6.45) is 5.68. The van der Waals surface area contributed by atoms with Gasteiger partial charge in [-0.15, -0.1) is 0 Å². The van der Waals surface area contributed by atoms with E-state index < -0.39 is 6.04 Å². The van der Waals surface area contributed by atoms with Crippen LogP contribution in [0.1, 0.15) is 35.7 Å². The zero-order chi connectivity index (χ0) is 16.9. The summed E-state index contributed by atoms with van der Waals surface area (Å²) in [4.78, 5) is 26.7. The third-order valence-electron chi connectivity index (χ3n) is 4.48. The molecule has 5 nitrogen and oxygen atoms in total. The lowest BCUT2D eigenvalue weighted by Crippen LogP contribution is -2.49. The van der Waals surface area contributed by atoms with Crippen molar-refractivity contribution in [2.45, 2.75) is 38.3 Å². The third-order valence-corrected chi connectivity index (χ3v) is 4.48. The second-order valence-corrected chi connectivity index (χ2v) is 6.22. The van der Waals surface area contributed by atoms with Crippen molar-refractivity contribution in [1.82, 2.24) is 10.2 Å². The number of hydrogen-bond acceptors (Lipinski definition) is 3. The standard InChI is InChI=1S/C19H22N2O3/c1-14(20-18(22)16-9-11-24-13-16)19(23)21-10-5-8-17(21)12-15-6-3-2-4-7-15/h2-4,6-7,9,11,13-14,17H,5,8,10,12H2,1H3,(H,20,22). The molecule has 2 amide bonds. The van der Waals surface area contributed by atoms with E-state index >= 15 is 0 Å². The van der Waals surface area contributed by atoms with Gasteiger partial charge in [0, 0.05) is 12.6 Å². The molecule has 1 fully saturated rings. The number of furan rings is 1. The molecule has 3 rings (SSSR count). The van der Waals surface area contributed by atoms with E-state index in [1.54, 1.807) is 13.0 Å². The fraction of sp³-hybridized carbons (Fsp3) is 0.368. The molecule has 1 saturated heterocycles. The lowest BCUT2D eigenvalue weighted by Gasteiger charge is -2.28. The average Bonchev–Trinajstić information content (AvgIpc) is 3.27. The minimum atomic E-state index is -0.552. The number of hydrogen-bond donors (Lipinski definition) is 1. The Kier molecular flexibility index (Phi) is 4.99. The Bertz CT molecular complexity index is 682. The van der Waals surface area contributed by atoms with Gasteiger partial charge in [-0.3, -0.25) is 9.59 Å². The van der Waals surface area contributed by atoms with Crippen molar-refractivity contribution in [2.75, 3.05) is 6.54 Å². The molecule has 2 heterocycles. The van der Waals surface area contributed by atoms with Crippen LogP contribution in [-0.2, 0) is 11.2 Å². The highest BCUT2D eigenvalue weighted by Gasteiger charge is 2.32. The van der Waals surface area contributed by atoms with E-state index in [4.69, 9.17) is 4.42 Å². The molecule has 2 unspecified atom stereocenters. The number of rotatable bonds is 5. The van der Waals surface area contributed by atoms with Gasteiger partial charge >= 0.3 is 0 Å². The normalized spacial score (nSPS) is 18.4. The molecule has 126 valence electrons. The second kappa shape index (κ2) is 7.34. The van der Waals surface area contributed by atoms with Gasteiger partial charge in [0.1, 0.15) is 12.3 Å². The molecule has 1 aliphatic rings. The fourth-order valence-corrected chi connectivity index (χ4v) is 3.21. The number of likely N-dealkylation sites (tertiary alicyclic amines) is 1. The Morgan fingerprint density at radius 3 is 2.79 bits per heavy atom. The van der Waals surface area contributed by atoms with Crippen molar-refractivity contribution < 1.29 is 14.0 Å². The SMILES string of the molecule is CC(NC(=O)c1ccoc1)C(=O)N1CCCC1Cc1ccccc1. The Morgan fingerprint density at radius 1 is 1.29 bits per heavy atom. The maximum Gasteiger partial charge on any atom is 0.255 e. The smallest absolute Gasteiger partial charge is 0.255 e. The number of nitrogens with zero attached hydrogens (tertiary/aromatic N) is 1. The highest BCUT2D eigenvalue weighted by atomic mass is 16.3. The van der Waals surface area contributed by atoms with E-state index in [2.05, 4.69) is 17.4 Å². The number of amides is 2. The van der Waals surface area contributed by atoms with Crippen LogP contribution in [0.5, 0.6) is 0 Å². The topological polar surface area (TPSA) is 62.6 Å². The van der Waals surface area contributed by atoms with Crippen molar-refractivity contribution in [1.29, 1.82) is 0 Å². The maximum absolute atomic E-state index is 12.7. The van der Waals surface area contributed by atoms with Gasteiger partial charge in [-0.25, -0.2) is 0 Å². The van der Waals surface area contributed by atoms with Gasteiger partial charge in [-0.2, -0.15) is 0 Å². The minimum absolute atomic E-state index is 0.0229. The number of nitrogens with one attached hydrogen (secondary N) is 1. The molecule has 0 bridgehead atoms. The van der Waals surface area contributed by atoms with Gasteiger partial charge in [0.2, 0.25) is 5.91 Å². The monoisotopic (exact) mass is 326 g/mol. The first-order chi connectivity index (χ1) is 11.6. The minimum Gasteiger partial charge on any atom is -0.472 e. The van der Waals surface area contributed by atoms with Gasteiger partial charge in [0.15, 0.2) is 0 Å². The summed E-state index contributed by atoms with van der Waals surface area (Å²) in [6, 6.07) is 11.4. The molecule has 0 radical (unpaired) electrons. The summed E-state index contributed by atoms with van der Waals surface area (Å²) >= 11 is 0. The van der Waals surface area contributed by atoms with E-state index in [-0.39, 0.29) is 17.9 Å². The molecular formula is C19H22N2O3. The second-order valence-electron chi connectivity index (χ2n) is 6.22. The van der Waals surface area contributed by atoms with Crippen molar-refractivity contribution in [3.63, 3.8) is 0 Å². The van der Waals surface area contributed by atoms with Crippen LogP contribution in [0.4, 0.5) is 0 Å². The van der Waals surface area contributed by atoms with Crippen molar-refractivity contribution >= 4 is 11.8 Å². The van der Waals surface area contributed by atoms with E-state index in [1.807, 2.05) is 23.1 Å². The Morgan fingerprint density at radius 2 is 2.08 bits per heavy atom. The van der Waals surface area contributed by atoms with Crippen LogP contribution in [0.25, 0.3) is 0 Å². The quantitative estimate of drug-likeness (QED) is 0.919. The van der Waals surface area contributed by atoms with Gasteiger partial charge < -0.3 is 14.6 Å². The predicted octanol–water partition coefficient (Wildman–Crippen LogP) is 2.63. The Hall–Kier alpha value is -2.56. The predicted molar refractivity (Wildman–Crippen MR) is 90.5 cm³/mol. The van der Waals surface area contributed by atoms with E-state index in [9.17, 15) is 9.59 Å².